The minimum Gasteiger partial charge on any atom is -0.322 e. The number of hydrazine groups is 1. The summed E-state index contributed by atoms with van der Waals surface area (Å²) in [5.41, 5.74) is 4.31. The molecule has 0 aromatic heterocycles. The van der Waals surface area contributed by atoms with Gasteiger partial charge in [-0.05, 0) is 30.3 Å². The molecule has 19 heavy (non-hydrogen) atoms. The number of benzene rings is 2. The van der Waals surface area contributed by atoms with Crippen LogP contribution in [0.3, 0.4) is 0 Å². The summed E-state index contributed by atoms with van der Waals surface area (Å²) in [6, 6.07) is 16.2. The van der Waals surface area contributed by atoms with Gasteiger partial charge in [-0.1, -0.05) is 24.3 Å². The van der Waals surface area contributed by atoms with E-state index in [-0.39, 0.29) is 5.91 Å². The van der Waals surface area contributed by atoms with Crippen LogP contribution in [0.2, 0.25) is 0 Å². The molecule has 5 nitrogen and oxygen atoms in total. The lowest BCUT2D eigenvalue weighted by atomic mass is 10.2. The first-order valence-corrected chi connectivity index (χ1v) is 5.75. The molecule has 0 radical (unpaired) electrons. The minimum absolute atomic E-state index is 0.154. The van der Waals surface area contributed by atoms with Crippen LogP contribution in [0.1, 0.15) is 10.4 Å². The maximum Gasteiger partial charge on any atom is 0.255 e. The van der Waals surface area contributed by atoms with Crippen molar-refractivity contribution >= 4 is 23.6 Å². The quantitative estimate of drug-likeness (QED) is 0.338. The van der Waals surface area contributed by atoms with Crippen LogP contribution in [-0.4, -0.2) is 12.2 Å². The molecule has 0 fully saturated rings. The van der Waals surface area contributed by atoms with Crippen LogP contribution in [0.4, 0.5) is 11.4 Å². The van der Waals surface area contributed by atoms with Crippen molar-refractivity contribution in [2.24, 2.45) is 10.8 Å². The van der Waals surface area contributed by atoms with Crippen LogP contribution in [0.5, 0.6) is 0 Å². The SMILES string of the molecule is NNC=Nc1cccc(NC(=O)c2ccccc2)c1. The lowest BCUT2D eigenvalue weighted by Gasteiger charge is -2.05. The van der Waals surface area contributed by atoms with Crippen LogP contribution in [0, 0.1) is 0 Å². The Morgan fingerprint density at radius 3 is 2.63 bits per heavy atom. The number of nitrogens with zero attached hydrogens (tertiary/aromatic N) is 1. The lowest BCUT2D eigenvalue weighted by Crippen LogP contribution is -2.18. The third kappa shape index (κ3) is 3.65. The molecule has 0 unspecified atom stereocenters. The number of hydrogen-bond acceptors (Lipinski definition) is 3. The molecule has 0 spiro atoms. The standard InChI is InChI=1S/C14H14N4O/c15-17-10-16-12-7-4-8-13(9-12)18-14(19)11-5-2-1-3-6-11/h1-10H,15H2,(H,16,17)(H,18,19). The van der Waals surface area contributed by atoms with Gasteiger partial charge in [-0.2, -0.15) is 0 Å². The molecule has 2 rings (SSSR count). The Labute approximate surface area is 111 Å². The van der Waals surface area contributed by atoms with Crippen molar-refractivity contribution in [1.29, 1.82) is 0 Å². The van der Waals surface area contributed by atoms with Gasteiger partial charge in [0.15, 0.2) is 0 Å². The third-order valence-corrected chi connectivity index (χ3v) is 2.43. The Hall–Kier alpha value is -2.66. The van der Waals surface area contributed by atoms with Crippen LogP contribution in [-0.2, 0) is 0 Å². The van der Waals surface area contributed by atoms with Gasteiger partial charge >= 0.3 is 0 Å². The first-order chi connectivity index (χ1) is 9.29. The van der Waals surface area contributed by atoms with E-state index in [1.807, 2.05) is 30.3 Å². The molecule has 0 saturated carbocycles. The highest BCUT2D eigenvalue weighted by atomic mass is 16.1. The molecular formula is C14H14N4O. The van der Waals surface area contributed by atoms with Gasteiger partial charge in [-0.15, -0.1) is 0 Å². The number of nitrogens with two attached hydrogens (primary N) is 1. The smallest absolute Gasteiger partial charge is 0.255 e. The van der Waals surface area contributed by atoms with E-state index >= 15 is 0 Å². The highest BCUT2D eigenvalue weighted by Crippen LogP contribution is 2.18. The summed E-state index contributed by atoms with van der Waals surface area (Å²) in [7, 11) is 0. The van der Waals surface area contributed by atoms with Crippen molar-refractivity contribution in [2.45, 2.75) is 0 Å². The van der Waals surface area contributed by atoms with Crippen LogP contribution in [0.25, 0.3) is 0 Å². The molecule has 2 aromatic carbocycles. The van der Waals surface area contributed by atoms with Crippen molar-refractivity contribution in [2.75, 3.05) is 5.32 Å². The molecule has 1 amide bonds. The number of amides is 1. The molecule has 5 heteroatoms. The largest absolute Gasteiger partial charge is 0.322 e. The molecular weight excluding hydrogens is 240 g/mol. The predicted octanol–water partition coefficient (Wildman–Crippen LogP) is 2.06. The van der Waals surface area contributed by atoms with Crippen molar-refractivity contribution in [3.05, 3.63) is 60.2 Å². The average molecular weight is 254 g/mol. The van der Waals surface area contributed by atoms with Crippen molar-refractivity contribution in [1.82, 2.24) is 5.43 Å². The molecule has 4 N–H and O–H groups in total. The summed E-state index contributed by atoms with van der Waals surface area (Å²) in [6.07, 6.45) is 1.37. The number of carbonyl (C=O) groups excluding carboxylic acids is 1. The highest BCUT2D eigenvalue weighted by Gasteiger charge is 2.04. The van der Waals surface area contributed by atoms with E-state index in [9.17, 15) is 4.79 Å². The zero-order valence-corrected chi connectivity index (χ0v) is 10.2. The molecule has 0 aliphatic heterocycles. The lowest BCUT2D eigenvalue weighted by molar-refractivity contribution is 0.102. The average Bonchev–Trinajstić information content (AvgIpc) is 2.46. The zero-order valence-electron chi connectivity index (χ0n) is 10.2. The Morgan fingerprint density at radius 1 is 1.11 bits per heavy atom. The van der Waals surface area contributed by atoms with Gasteiger partial charge in [0.1, 0.15) is 6.34 Å². The second kappa shape index (κ2) is 6.32. The van der Waals surface area contributed by atoms with E-state index in [0.717, 1.165) is 0 Å². The summed E-state index contributed by atoms with van der Waals surface area (Å²) < 4.78 is 0. The maximum atomic E-state index is 12.0. The molecule has 0 saturated heterocycles. The number of nitrogens with one attached hydrogen (secondary N) is 2. The first kappa shape index (κ1) is 12.8. The van der Waals surface area contributed by atoms with E-state index in [4.69, 9.17) is 5.84 Å². The Balaban J connectivity index is 2.11. The van der Waals surface area contributed by atoms with Gasteiger partial charge in [-0.25, -0.2) is 10.8 Å². The monoisotopic (exact) mass is 254 g/mol. The Morgan fingerprint density at radius 2 is 1.89 bits per heavy atom. The minimum atomic E-state index is -0.154. The van der Waals surface area contributed by atoms with Gasteiger partial charge in [-0.3, -0.25) is 4.79 Å². The zero-order chi connectivity index (χ0) is 13.5. The fourth-order valence-corrected chi connectivity index (χ4v) is 1.57. The van der Waals surface area contributed by atoms with E-state index in [2.05, 4.69) is 15.7 Å². The summed E-state index contributed by atoms with van der Waals surface area (Å²) >= 11 is 0. The molecule has 0 heterocycles. The number of anilines is 1. The van der Waals surface area contributed by atoms with Crippen LogP contribution < -0.4 is 16.6 Å². The predicted molar refractivity (Wildman–Crippen MR) is 76.3 cm³/mol. The van der Waals surface area contributed by atoms with Crippen LogP contribution >= 0.6 is 0 Å². The van der Waals surface area contributed by atoms with E-state index in [1.54, 1.807) is 24.3 Å². The van der Waals surface area contributed by atoms with E-state index in [1.165, 1.54) is 6.34 Å². The molecule has 96 valence electrons. The third-order valence-electron chi connectivity index (χ3n) is 2.43. The molecule has 0 aliphatic carbocycles. The topological polar surface area (TPSA) is 79.5 Å². The van der Waals surface area contributed by atoms with E-state index in [0.29, 0.717) is 16.9 Å². The second-order valence-electron chi connectivity index (χ2n) is 3.80. The number of rotatable bonds is 4. The van der Waals surface area contributed by atoms with Gasteiger partial charge in [0, 0.05) is 11.3 Å². The summed E-state index contributed by atoms with van der Waals surface area (Å²) in [6.45, 7) is 0. The molecule has 0 bridgehead atoms. The first-order valence-electron chi connectivity index (χ1n) is 5.75. The van der Waals surface area contributed by atoms with Crippen molar-refractivity contribution in [3.8, 4) is 0 Å². The molecule has 0 aliphatic rings. The van der Waals surface area contributed by atoms with Crippen molar-refractivity contribution < 1.29 is 4.79 Å². The number of hydrogen-bond donors (Lipinski definition) is 3. The summed E-state index contributed by atoms with van der Waals surface area (Å²) in [5.74, 6) is 4.95. The Kier molecular flexibility index (Phi) is 4.25. The molecule has 0 atom stereocenters. The highest BCUT2D eigenvalue weighted by molar-refractivity contribution is 6.04. The number of aliphatic imine (C=N–C) groups is 1. The van der Waals surface area contributed by atoms with Crippen LogP contribution in [0.15, 0.2) is 59.6 Å². The Bertz CT molecular complexity index is 581. The van der Waals surface area contributed by atoms with Gasteiger partial charge in [0.05, 0.1) is 5.69 Å². The maximum absolute atomic E-state index is 12.0. The summed E-state index contributed by atoms with van der Waals surface area (Å²) in [4.78, 5) is 16.0. The fraction of sp³-hybridized carbons (Fsp3) is 0. The number of carbonyl (C=O) groups is 1. The van der Waals surface area contributed by atoms with Crippen molar-refractivity contribution in [3.63, 3.8) is 0 Å². The van der Waals surface area contributed by atoms with E-state index < -0.39 is 0 Å². The molecule has 2 aromatic rings. The summed E-state index contributed by atoms with van der Waals surface area (Å²) in [5, 5.41) is 2.81. The van der Waals surface area contributed by atoms with Gasteiger partial charge < -0.3 is 10.7 Å². The second-order valence-corrected chi connectivity index (χ2v) is 3.80. The fourth-order valence-electron chi connectivity index (χ4n) is 1.57. The van der Waals surface area contributed by atoms with Gasteiger partial charge in [0.2, 0.25) is 0 Å². The van der Waals surface area contributed by atoms with Gasteiger partial charge in [0.25, 0.3) is 5.91 Å². The normalized spacial score (nSPS) is 10.4.